The van der Waals surface area contributed by atoms with Crippen LogP contribution >= 0.6 is 0 Å². The normalized spacial score (nSPS) is 19.9. The molecule has 0 radical (unpaired) electrons. The highest BCUT2D eigenvalue weighted by Gasteiger charge is 2.31. The largest absolute Gasteiger partial charge is 0.488 e. The molecule has 1 aromatic heterocycles. The fourth-order valence-corrected chi connectivity index (χ4v) is 2.94. The quantitative estimate of drug-likeness (QED) is 0.911. The summed E-state index contributed by atoms with van der Waals surface area (Å²) in [5.41, 5.74) is 0.0435. The number of para-hydroxylation sites is 1. The van der Waals surface area contributed by atoms with E-state index in [4.69, 9.17) is 4.74 Å². The predicted octanol–water partition coefficient (Wildman–Crippen LogP) is 1.99. The Labute approximate surface area is 140 Å². The summed E-state index contributed by atoms with van der Waals surface area (Å²) in [6.45, 7) is 2.25. The van der Waals surface area contributed by atoms with Crippen LogP contribution in [0.25, 0.3) is 0 Å². The fourth-order valence-electron chi connectivity index (χ4n) is 2.94. The standard InChI is InChI=1S/C18H21N3O3/c1-2-21-17(22)12-11-15(20-21)18(23)19-14-9-6-10-16(14)24-13-7-4-3-5-8-13/h3-5,7-8,11-12,14,16H,2,6,9-10H2,1H3,(H,19,23)/t14-,16-/m0/s1. The van der Waals surface area contributed by atoms with Gasteiger partial charge in [-0.3, -0.25) is 9.59 Å². The van der Waals surface area contributed by atoms with Gasteiger partial charge in [-0.15, -0.1) is 0 Å². The number of hydrogen-bond acceptors (Lipinski definition) is 4. The number of aryl methyl sites for hydroxylation is 1. The molecule has 3 rings (SSSR count). The summed E-state index contributed by atoms with van der Waals surface area (Å²) in [6, 6.07) is 12.4. The van der Waals surface area contributed by atoms with E-state index in [-0.39, 0.29) is 29.3 Å². The second kappa shape index (κ2) is 7.29. The third-order valence-electron chi connectivity index (χ3n) is 4.20. The molecule has 2 aromatic rings. The molecular formula is C18H21N3O3. The molecule has 1 aliphatic carbocycles. The van der Waals surface area contributed by atoms with Crippen LogP contribution in [0.1, 0.15) is 36.7 Å². The van der Waals surface area contributed by atoms with E-state index in [1.54, 1.807) is 0 Å². The zero-order valence-electron chi connectivity index (χ0n) is 13.6. The summed E-state index contributed by atoms with van der Waals surface area (Å²) in [5.74, 6) is 0.534. The van der Waals surface area contributed by atoms with Crippen LogP contribution in [0.2, 0.25) is 0 Å². The highest BCUT2D eigenvalue weighted by molar-refractivity contribution is 5.92. The van der Waals surface area contributed by atoms with Gasteiger partial charge in [0.05, 0.1) is 6.04 Å². The molecule has 1 saturated carbocycles. The van der Waals surface area contributed by atoms with Crippen LogP contribution in [0, 0.1) is 0 Å². The molecule has 6 heteroatoms. The van der Waals surface area contributed by atoms with Gasteiger partial charge in [0, 0.05) is 12.6 Å². The van der Waals surface area contributed by atoms with Gasteiger partial charge in [0.2, 0.25) is 0 Å². The lowest BCUT2D eigenvalue weighted by Gasteiger charge is -2.22. The summed E-state index contributed by atoms with van der Waals surface area (Å²) >= 11 is 0. The Morgan fingerprint density at radius 3 is 2.79 bits per heavy atom. The molecule has 1 N–H and O–H groups in total. The number of amides is 1. The lowest BCUT2D eigenvalue weighted by molar-refractivity contribution is 0.0886. The molecule has 126 valence electrons. The highest BCUT2D eigenvalue weighted by atomic mass is 16.5. The Morgan fingerprint density at radius 2 is 2.04 bits per heavy atom. The predicted molar refractivity (Wildman–Crippen MR) is 90.1 cm³/mol. The first-order valence-corrected chi connectivity index (χ1v) is 8.28. The summed E-state index contributed by atoms with van der Waals surface area (Å²) < 4.78 is 7.28. The average molecular weight is 327 g/mol. The van der Waals surface area contributed by atoms with E-state index in [1.807, 2.05) is 37.3 Å². The SMILES string of the molecule is CCn1nc(C(=O)N[C@H]2CCC[C@@H]2Oc2ccccc2)ccc1=O. The fraction of sp³-hybridized carbons (Fsp3) is 0.389. The average Bonchev–Trinajstić information content (AvgIpc) is 3.03. The Kier molecular flexibility index (Phi) is 4.93. The van der Waals surface area contributed by atoms with Gasteiger partial charge < -0.3 is 10.1 Å². The van der Waals surface area contributed by atoms with Crippen LogP contribution in [0.3, 0.4) is 0 Å². The van der Waals surface area contributed by atoms with Crippen LogP contribution in [0.5, 0.6) is 5.75 Å². The van der Waals surface area contributed by atoms with Crippen LogP contribution in [-0.2, 0) is 6.54 Å². The van der Waals surface area contributed by atoms with E-state index in [1.165, 1.54) is 16.8 Å². The molecular weight excluding hydrogens is 306 g/mol. The van der Waals surface area contributed by atoms with Crippen molar-refractivity contribution in [3.05, 3.63) is 58.5 Å². The molecule has 24 heavy (non-hydrogen) atoms. The van der Waals surface area contributed by atoms with Crippen LogP contribution < -0.4 is 15.6 Å². The Hall–Kier alpha value is -2.63. The minimum Gasteiger partial charge on any atom is -0.488 e. The molecule has 2 atom stereocenters. The monoisotopic (exact) mass is 327 g/mol. The van der Waals surface area contributed by atoms with Crippen molar-refractivity contribution < 1.29 is 9.53 Å². The Morgan fingerprint density at radius 1 is 1.25 bits per heavy atom. The number of carbonyl (C=O) groups excluding carboxylic acids is 1. The van der Waals surface area contributed by atoms with E-state index in [0.29, 0.717) is 6.54 Å². The molecule has 1 amide bonds. The summed E-state index contributed by atoms with van der Waals surface area (Å²) in [5, 5.41) is 7.09. The number of ether oxygens (including phenoxy) is 1. The van der Waals surface area contributed by atoms with E-state index < -0.39 is 0 Å². The second-order valence-corrected chi connectivity index (χ2v) is 5.85. The molecule has 1 fully saturated rings. The van der Waals surface area contributed by atoms with Gasteiger partial charge in [0.15, 0.2) is 0 Å². The molecule has 6 nitrogen and oxygen atoms in total. The van der Waals surface area contributed by atoms with Gasteiger partial charge >= 0.3 is 0 Å². The lowest BCUT2D eigenvalue weighted by Crippen LogP contribution is -2.43. The molecule has 0 bridgehead atoms. The number of hydrogen-bond donors (Lipinski definition) is 1. The highest BCUT2D eigenvalue weighted by Crippen LogP contribution is 2.24. The topological polar surface area (TPSA) is 73.2 Å². The van der Waals surface area contributed by atoms with Gasteiger partial charge in [0.25, 0.3) is 11.5 Å². The number of nitrogens with zero attached hydrogens (tertiary/aromatic N) is 2. The number of nitrogens with one attached hydrogen (secondary N) is 1. The number of aromatic nitrogens is 2. The maximum atomic E-state index is 12.4. The molecule has 0 spiro atoms. The minimum absolute atomic E-state index is 0.0477. The molecule has 0 unspecified atom stereocenters. The number of benzene rings is 1. The van der Waals surface area contributed by atoms with Crippen LogP contribution in [0.4, 0.5) is 0 Å². The van der Waals surface area contributed by atoms with Crippen LogP contribution in [-0.4, -0.2) is 27.8 Å². The molecule has 0 aliphatic heterocycles. The molecule has 1 aliphatic rings. The van der Waals surface area contributed by atoms with Gasteiger partial charge in [-0.1, -0.05) is 18.2 Å². The molecule has 1 aromatic carbocycles. The van der Waals surface area contributed by atoms with Crippen molar-refractivity contribution in [1.29, 1.82) is 0 Å². The summed E-state index contributed by atoms with van der Waals surface area (Å²) in [6.07, 6.45) is 2.73. The van der Waals surface area contributed by atoms with Gasteiger partial charge in [0.1, 0.15) is 17.5 Å². The Bertz CT molecular complexity index is 758. The molecule has 1 heterocycles. The van der Waals surface area contributed by atoms with Crippen LogP contribution in [0.15, 0.2) is 47.3 Å². The van der Waals surface area contributed by atoms with Crippen molar-refractivity contribution in [1.82, 2.24) is 15.1 Å². The minimum atomic E-state index is -0.272. The van der Waals surface area contributed by atoms with Gasteiger partial charge in [-0.25, -0.2) is 4.68 Å². The van der Waals surface area contributed by atoms with Gasteiger partial charge in [-0.2, -0.15) is 5.10 Å². The summed E-state index contributed by atoms with van der Waals surface area (Å²) in [7, 11) is 0. The van der Waals surface area contributed by atoms with Crippen molar-refractivity contribution in [2.45, 2.75) is 44.9 Å². The zero-order valence-corrected chi connectivity index (χ0v) is 13.6. The van der Waals surface area contributed by atoms with Crippen molar-refractivity contribution in [2.24, 2.45) is 0 Å². The Balaban J connectivity index is 1.68. The first kappa shape index (κ1) is 16.2. The summed E-state index contributed by atoms with van der Waals surface area (Å²) in [4.78, 5) is 24.0. The lowest BCUT2D eigenvalue weighted by atomic mass is 10.2. The van der Waals surface area contributed by atoms with Gasteiger partial charge in [-0.05, 0) is 44.4 Å². The first-order valence-electron chi connectivity index (χ1n) is 8.28. The zero-order chi connectivity index (χ0) is 16.9. The smallest absolute Gasteiger partial charge is 0.272 e. The van der Waals surface area contributed by atoms with Crippen molar-refractivity contribution >= 4 is 5.91 Å². The maximum Gasteiger partial charge on any atom is 0.272 e. The number of rotatable bonds is 5. The second-order valence-electron chi connectivity index (χ2n) is 5.85. The van der Waals surface area contributed by atoms with E-state index in [2.05, 4.69) is 10.4 Å². The maximum absolute atomic E-state index is 12.4. The van der Waals surface area contributed by atoms with Crippen molar-refractivity contribution in [2.75, 3.05) is 0 Å². The van der Waals surface area contributed by atoms with E-state index >= 15 is 0 Å². The first-order chi connectivity index (χ1) is 11.7. The van der Waals surface area contributed by atoms with Crippen molar-refractivity contribution in [3.63, 3.8) is 0 Å². The van der Waals surface area contributed by atoms with E-state index in [0.717, 1.165) is 25.0 Å². The number of carbonyl (C=O) groups is 1. The third kappa shape index (κ3) is 3.64. The third-order valence-corrected chi connectivity index (χ3v) is 4.20. The van der Waals surface area contributed by atoms with Crippen molar-refractivity contribution in [3.8, 4) is 5.75 Å². The molecule has 0 saturated heterocycles. The van der Waals surface area contributed by atoms with E-state index in [9.17, 15) is 9.59 Å².